The molecule has 0 aliphatic carbocycles. The number of hydrogen-bond donors (Lipinski definition) is 2. The van der Waals surface area contributed by atoms with Crippen LogP contribution in [0.5, 0.6) is 5.75 Å². The maximum absolute atomic E-state index is 13.7. The summed E-state index contributed by atoms with van der Waals surface area (Å²) in [5.74, 6) is -0.874. The number of carbonyl (C=O) groups excluding carboxylic acids is 1. The van der Waals surface area contributed by atoms with Crippen molar-refractivity contribution in [1.82, 2.24) is 0 Å². The lowest BCUT2D eigenvalue weighted by molar-refractivity contribution is 0.102. The second-order valence-corrected chi connectivity index (χ2v) is 7.45. The number of carbonyl (C=O) groups is 1. The van der Waals surface area contributed by atoms with Crippen LogP contribution in [-0.2, 0) is 10.0 Å². The largest absolute Gasteiger partial charge is 0.495 e. The molecule has 0 aliphatic heterocycles. The molecular weight excluding hydrogens is 383 g/mol. The molecule has 2 N–H and O–H groups in total. The van der Waals surface area contributed by atoms with Crippen LogP contribution in [0.3, 0.4) is 0 Å². The number of anilines is 2. The second-order valence-electron chi connectivity index (χ2n) is 5.76. The standard InChI is InChI=1S/C20H17FN2O4S/c1-27-19-9-5-4-8-18(19)23-28(25,26)15-12-10-14(11-13-15)22-20(24)16-6-2-3-7-17(16)21/h2-13,23H,1H3,(H,22,24). The van der Waals surface area contributed by atoms with Crippen LogP contribution in [0.2, 0.25) is 0 Å². The lowest BCUT2D eigenvalue weighted by Crippen LogP contribution is -2.15. The van der Waals surface area contributed by atoms with E-state index in [9.17, 15) is 17.6 Å². The van der Waals surface area contributed by atoms with E-state index in [4.69, 9.17) is 4.74 Å². The van der Waals surface area contributed by atoms with Gasteiger partial charge in [-0.15, -0.1) is 0 Å². The molecule has 0 aromatic heterocycles. The Kier molecular flexibility index (Phi) is 5.60. The van der Waals surface area contributed by atoms with Crippen molar-refractivity contribution in [3.8, 4) is 5.75 Å². The molecule has 3 aromatic rings. The van der Waals surface area contributed by atoms with Gasteiger partial charge in [0, 0.05) is 5.69 Å². The highest BCUT2D eigenvalue weighted by Gasteiger charge is 2.17. The molecule has 3 rings (SSSR count). The molecule has 1 amide bonds. The van der Waals surface area contributed by atoms with Gasteiger partial charge in [0.25, 0.3) is 15.9 Å². The van der Waals surface area contributed by atoms with Gasteiger partial charge in [-0.1, -0.05) is 24.3 Å². The summed E-state index contributed by atoms with van der Waals surface area (Å²) in [5, 5.41) is 2.53. The number of benzene rings is 3. The van der Waals surface area contributed by atoms with Crippen molar-refractivity contribution in [2.24, 2.45) is 0 Å². The molecule has 0 spiro atoms. The molecule has 0 saturated carbocycles. The van der Waals surface area contributed by atoms with Crippen molar-refractivity contribution >= 4 is 27.3 Å². The minimum absolute atomic E-state index is 0.00213. The average Bonchev–Trinajstić information content (AvgIpc) is 2.69. The molecule has 0 heterocycles. The SMILES string of the molecule is COc1ccccc1NS(=O)(=O)c1ccc(NC(=O)c2ccccc2F)cc1. The smallest absolute Gasteiger partial charge is 0.262 e. The highest BCUT2D eigenvalue weighted by atomic mass is 32.2. The molecule has 6 nitrogen and oxygen atoms in total. The van der Waals surface area contributed by atoms with Crippen LogP contribution in [-0.4, -0.2) is 21.4 Å². The third kappa shape index (κ3) is 4.29. The van der Waals surface area contributed by atoms with E-state index in [0.717, 1.165) is 0 Å². The summed E-state index contributed by atoms with van der Waals surface area (Å²) in [7, 11) is -2.41. The van der Waals surface area contributed by atoms with Gasteiger partial charge in [0.05, 0.1) is 23.3 Å². The molecule has 0 atom stereocenters. The first-order valence-electron chi connectivity index (χ1n) is 8.22. The van der Waals surface area contributed by atoms with E-state index in [2.05, 4.69) is 10.0 Å². The molecule has 28 heavy (non-hydrogen) atoms. The van der Waals surface area contributed by atoms with Crippen LogP contribution < -0.4 is 14.8 Å². The average molecular weight is 400 g/mol. The van der Waals surface area contributed by atoms with Crippen molar-refractivity contribution in [3.63, 3.8) is 0 Å². The summed E-state index contributed by atoms with van der Waals surface area (Å²) in [4.78, 5) is 12.1. The molecule has 0 bridgehead atoms. The van der Waals surface area contributed by atoms with E-state index in [1.807, 2.05) is 0 Å². The number of sulfonamides is 1. The van der Waals surface area contributed by atoms with Crippen molar-refractivity contribution < 1.29 is 22.3 Å². The number of nitrogens with one attached hydrogen (secondary N) is 2. The van der Waals surface area contributed by atoms with Crippen LogP contribution in [0.15, 0.2) is 77.7 Å². The Bertz CT molecular complexity index is 1100. The molecular formula is C20H17FN2O4S. The van der Waals surface area contributed by atoms with E-state index in [0.29, 0.717) is 17.1 Å². The number of halogens is 1. The summed E-state index contributed by atoms with van der Waals surface area (Å²) in [6.07, 6.45) is 0. The first-order chi connectivity index (χ1) is 13.4. The van der Waals surface area contributed by atoms with E-state index >= 15 is 0 Å². The molecule has 0 aliphatic rings. The van der Waals surface area contributed by atoms with Crippen LogP contribution >= 0.6 is 0 Å². The number of methoxy groups -OCH3 is 1. The summed E-state index contributed by atoms with van der Waals surface area (Å²) < 4.78 is 46.4. The van der Waals surface area contributed by atoms with Gasteiger partial charge in [-0.25, -0.2) is 12.8 Å². The zero-order chi connectivity index (χ0) is 20.1. The van der Waals surface area contributed by atoms with Crippen molar-refractivity contribution in [3.05, 3.63) is 84.2 Å². The third-order valence-corrected chi connectivity index (χ3v) is 5.27. The summed E-state index contributed by atoms with van der Waals surface area (Å²) in [6.45, 7) is 0. The minimum Gasteiger partial charge on any atom is -0.495 e. The number of rotatable bonds is 6. The third-order valence-electron chi connectivity index (χ3n) is 3.89. The van der Waals surface area contributed by atoms with Crippen LogP contribution in [0.1, 0.15) is 10.4 Å². The molecule has 0 radical (unpaired) electrons. The van der Waals surface area contributed by atoms with E-state index in [-0.39, 0.29) is 10.5 Å². The molecule has 0 saturated heterocycles. The first kappa shape index (κ1) is 19.4. The van der Waals surface area contributed by atoms with Crippen LogP contribution in [0, 0.1) is 5.82 Å². The fraction of sp³-hybridized carbons (Fsp3) is 0.0500. The molecule has 0 unspecified atom stereocenters. The fourth-order valence-electron chi connectivity index (χ4n) is 2.49. The molecule has 3 aromatic carbocycles. The van der Waals surface area contributed by atoms with Gasteiger partial charge in [-0.2, -0.15) is 0 Å². The second kappa shape index (κ2) is 8.10. The zero-order valence-corrected chi connectivity index (χ0v) is 15.7. The van der Waals surface area contributed by atoms with Gasteiger partial charge in [0.2, 0.25) is 0 Å². The first-order valence-corrected chi connectivity index (χ1v) is 9.71. The van der Waals surface area contributed by atoms with Gasteiger partial charge in [0.1, 0.15) is 11.6 Å². The highest BCUT2D eigenvalue weighted by molar-refractivity contribution is 7.92. The monoisotopic (exact) mass is 400 g/mol. The van der Waals surface area contributed by atoms with Gasteiger partial charge in [0.15, 0.2) is 0 Å². The molecule has 8 heteroatoms. The topological polar surface area (TPSA) is 84.5 Å². The predicted octanol–water partition coefficient (Wildman–Crippen LogP) is 3.89. The lowest BCUT2D eigenvalue weighted by Gasteiger charge is -2.12. The Morgan fingerprint density at radius 1 is 0.929 bits per heavy atom. The van der Waals surface area contributed by atoms with Crippen molar-refractivity contribution in [1.29, 1.82) is 0 Å². The number of amides is 1. The van der Waals surface area contributed by atoms with Crippen molar-refractivity contribution in [2.75, 3.05) is 17.1 Å². The van der Waals surface area contributed by atoms with Crippen LogP contribution in [0.25, 0.3) is 0 Å². The van der Waals surface area contributed by atoms with E-state index < -0.39 is 21.7 Å². The minimum atomic E-state index is -3.85. The van der Waals surface area contributed by atoms with E-state index in [1.165, 1.54) is 49.6 Å². The number of ether oxygens (including phenoxy) is 1. The Labute approximate surface area is 162 Å². The lowest BCUT2D eigenvalue weighted by atomic mass is 10.2. The Balaban J connectivity index is 1.76. The maximum atomic E-state index is 13.7. The highest BCUT2D eigenvalue weighted by Crippen LogP contribution is 2.26. The quantitative estimate of drug-likeness (QED) is 0.658. The predicted molar refractivity (Wildman–Crippen MR) is 105 cm³/mol. The summed E-state index contributed by atoms with van der Waals surface area (Å²) >= 11 is 0. The summed E-state index contributed by atoms with van der Waals surface area (Å²) in [5.41, 5.74) is 0.545. The molecule has 144 valence electrons. The van der Waals surface area contributed by atoms with Crippen molar-refractivity contribution in [2.45, 2.75) is 4.90 Å². The maximum Gasteiger partial charge on any atom is 0.262 e. The molecule has 0 fully saturated rings. The fourth-order valence-corrected chi connectivity index (χ4v) is 3.56. The Morgan fingerprint density at radius 3 is 2.25 bits per heavy atom. The normalized spacial score (nSPS) is 10.9. The van der Waals surface area contributed by atoms with Gasteiger partial charge >= 0.3 is 0 Å². The Hall–Kier alpha value is -3.39. The zero-order valence-electron chi connectivity index (χ0n) is 14.8. The number of para-hydroxylation sites is 2. The summed E-state index contributed by atoms with van der Waals surface area (Å²) in [6, 6.07) is 17.8. The van der Waals surface area contributed by atoms with Gasteiger partial charge < -0.3 is 10.1 Å². The van der Waals surface area contributed by atoms with Crippen LogP contribution in [0.4, 0.5) is 15.8 Å². The van der Waals surface area contributed by atoms with Gasteiger partial charge in [-0.3, -0.25) is 9.52 Å². The number of hydrogen-bond acceptors (Lipinski definition) is 4. The Morgan fingerprint density at radius 2 is 1.57 bits per heavy atom. The van der Waals surface area contributed by atoms with E-state index in [1.54, 1.807) is 30.3 Å². The van der Waals surface area contributed by atoms with Gasteiger partial charge in [-0.05, 0) is 48.5 Å².